The van der Waals surface area contributed by atoms with Gasteiger partial charge in [-0.1, -0.05) is 0 Å². The third kappa shape index (κ3) is 1.88. The van der Waals surface area contributed by atoms with Crippen LogP contribution in [0.5, 0.6) is 0 Å². The van der Waals surface area contributed by atoms with Gasteiger partial charge in [-0.3, -0.25) is 10.1 Å². The minimum absolute atomic E-state index is 0.0988. The van der Waals surface area contributed by atoms with E-state index in [1.165, 1.54) is 6.33 Å². The molecule has 1 aromatic heterocycles. The fourth-order valence-corrected chi connectivity index (χ4v) is 3.24. The summed E-state index contributed by atoms with van der Waals surface area (Å²) < 4.78 is 0. The molecule has 3 heterocycles. The Hall–Kier alpha value is -1.96. The summed E-state index contributed by atoms with van der Waals surface area (Å²) in [6, 6.07) is 0.198. The molecule has 2 fully saturated rings. The van der Waals surface area contributed by atoms with Gasteiger partial charge in [0.05, 0.1) is 11.0 Å². The van der Waals surface area contributed by atoms with Crippen LogP contribution in [-0.2, 0) is 0 Å². The monoisotopic (exact) mass is 265 g/mol. The molecule has 0 spiro atoms. The topological polar surface area (TPSA) is 118 Å². The quantitative estimate of drug-likeness (QED) is 0.589. The molecule has 19 heavy (non-hydrogen) atoms. The van der Waals surface area contributed by atoms with Crippen LogP contribution in [0.1, 0.15) is 25.7 Å². The third-order valence-electron chi connectivity index (χ3n) is 3.97. The van der Waals surface area contributed by atoms with E-state index in [1.807, 2.05) is 4.90 Å². The van der Waals surface area contributed by atoms with Crippen LogP contribution in [0.15, 0.2) is 6.33 Å². The number of anilines is 2. The lowest BCUT2D eigenvalue weighted by Crippen LogP contribution is -2.45. The van der Waals surface area contributed by atoms with Crippen molar-refractivity contribution in [3.05, 3.63) is 16.4 Å². The second kappa shape index (κ2) is 4.30. The zero-order chi connectivity index (χ0) is 13.6. The molecule has 2 saturated heterocycles. The number of hydrogen-bond acceptors (Lipinski definition) is 7. The van der Waals surface area contributed by atoms with Crippen molar-refractivity contribution in [2.45, 2.75) is 43.9 Å². The first-order valence-electron chi connectivity index (χ1n) is 6.29. The molecule has 2 atom stereocenters. The van der Waals surface area contributed by atoms with Gasteiger partial charge in [0.15, 0.2) is 0 Å². The summed E-state index contributed by atoms with van der Waals surface area (Å²) in [5.41, 5.74) is 5.37. The van der Waals surface area contributed by atoms with Gasteiger partial charge in [0, 0.05) is 12.1 Å². The van der Waals surface area contributed by atoms with Crippen LogP contribution in [0.4, 0.5) is 17.3 Å². The van der Waals surface area contributed by atoms with Crippen LogP contribution in [0.2, 0.25) is 0 Å². The summed E-state index contributed by atoms with van der Waals surface area (Å²) in [7, 11) is 0. The maximum atomic E-state index is 11.2. The molecule has 0 aliphatic carbocycles. The van der Waals surface area contributed by atoms with E-state index in [1.54, 1.807) is 0 Å². The highest BCUT2D eigenvalue weighted by molar-refractivity contribution is 5.69. The SMILES string of the molecule is Nc1ncnc(N2C3CCC2CC(O)C3)c1[N+](=O)[O-]. The Kier molecular flexibility index (Phi) is 2.74. The van der Waals surface area contributed by atoms with E-state index in [-0.39, 0.29) is 35.5 Å². The predicted octanol–water partition coefficient (Wildman–Crippen LogP) is 0.459. The Bertz CT molecular complexity index is 509. The molecule has 8 heteroatoms. The summed E-state index contributed by atoms with van der Waals surface area (Å²) >= 11 is 0. The summed E-state index contributed by atoms with van der Waals surface area (Å²) in [5, 5.41) is 20.9. The molecule has 8 nitrogen and oxygen atoms in total. The van der Waals surface area contributed by atoms with Crippen molar-refractivity contribution in [3.63, 3.8) is 0 Å². The van der Waals surface area contributed by atoms with E-state index < -0.39 is 4.92 Å². The van der Waals surface area contributed by atoms with Crippen molar-refractivity contribution in [1.82, 2.24) is 9.97 Å². The predicted molar refractivity (Wildman–Crippen MR) is 67.6 cm³/mol. The van der Waals surface area contributed by atoms with Crippen LogP contribution in [-0.4, -0.2) is 38.2 Å². The van der Waals surface area contributed by atoms with E-state index >= 15 is 0 Å². The van der Waals surface area contributed by atoms with Crippen LogP contribution < -0.4 is 10.6 Å². The van der Waals surface area contributed by atoms with Gasteiger partial charge < -0.3 is 15.7 Å². The van der Waals surface area contributed by atoms with Gasteiger partial charge in [-0.2, -0.15) is 0 Å². The second-order valence-corrected chi connectivity index (χ2v) is 5.11. The number of nitrogens with zero attached hydrogens (tertiary/aromatic N) is 4. The summed E-state index contributed by atoms with van der Waals surface area (Å²) in [5.74, 6) is 0.178. The lowest BCUT2D eigenvalue weighted by Gasteiger charge is -2.37. The van der Waals surface area contributed by atoms with Crippen LogP contribution in [0.25, 0.3) is 0 Å². The Morgan fingerprint density at radius 3 is 2.58 bits per heavy atom. The van der Waals surface area contributed by atoms with Gasteiger partial charge in [0.2, 0.25) is 11.6 Å². The van der Waals surface area contributed by atoms with Crippen molar-refractivity contribution in [2.75, 3.05) is 10.6 Å². The molecule has 2 unspecified atom stereocenters. The zero-order valence-corrected chi connectivity index (χ0v) is 10.3. The van der Waals surface area contributed by atoms with E-state index in [4.69, 9.17) is 5.73 Å². The average molecular weight is 265 g/mol. The van der Waals surface area contributed by atoms with E-state index in [2.05, 4.69) is 9.97 Å². The highest BCUT2D eigenvalue weighted by atomic mass is 16.6. The number of nitrogens with two attached hydrogens (primary N) is 1. The standard InChI is InChI=1S/C11H15N5O3/c12-10-9(16(18)19)11(14-5-13-10)15-6-1-2-7(15)4-8(17)3-6/h5-8,17H,1-4H2,(H2,12,13,14). The second-order valence-electron chi connectivity index (χ2n) is 5.11. The molecule has 1 aromatic rings. The molecule has 102 valence electrons. The normalized spacial score (nSPS) is 29.5. The van der Waals surface area contributed by atoms with E-state index in [0.717, 1.165) is 12.8 Å². The Labute approximate surface area is 109 Å². The number of piperidine rings is 1. The lowest BCUT2D eigenvalue weighted by atomic mass is 10.00. The van der Waals surface area contributed by atoms with Gasteiger partial charge in [-0.25, -0.2) is 9.97 Å². The summed E-state index contributed by atoms with van der Waals surface area (Å²) in [4.78, 5) is 20.3. The molecule has 3 N–H and O–H groups in total. The molecular weight excluding hydrogens is 250 g/mol. The molecule has 0 amide bonds. The van der Waals surface area contributed by atoms with Crippen molar-refractivity contribution in [1.29, 1.82) is 0 Å². The number of rotatable bonds is 2. The lowest BCUT2D eigenvalue weighted by molar-refractivity contribution is -0.383. The molecule has 3 rings (SSSR count). The number of aliphatic hydroxyl groups excluding tert-OH is 1. The number of hydrogen-bond donors (Lipinski definition) is 2. The highest BCUT2D eigenvalue weighted by Gasteiger charge is 2.43. The van der Waals surface area contributed by atoms with Gasteiger partial charge in [-0.15, -0.1) is 0 Å². The zero-order valence-electron chi connectivity index (χ0n) is 10.3. The van der Waals surface area contributed by atoms with Crippen LogP contribution >= 0.6 is 0 Å². The Balaban J connectivity index is 2.04. The summed E-state index contributed by atoms with van der Waals surface area (Å²) in [6.45, 7) is 0. The van der Waals surface area contributed by atoms with Crippen molar-refractivity contribution in [2.24, 2.45) is 0 Å². The van der Waals surface area contributed by atoms with E-state index in [9.17, 15) is 15.2 Å². The van der Waals surface area contributed by atoms with Gasteiger partial charge in [0.1, 0.15) is 6.33 Å². The molecule has 2 bridgehead atoms. The molecule has 2 aliphatic rings. The highest BCUT2D eigenvalue weighted by Crippen LogP contribution is 2.42. The van der Waals surface area contributed by atoms with Gasteiger partial charge >= 0.3 is 5.69 Å². The Morgan fingerprint density at radius 1 is 1.37 bits per heavy atom. The minimum Gasteiger partial charge on any atom is -0.393 e. The molecule has 0 radical (unpaired) electrons. The first-order valence-corrected chi connectivity index (χ1v) is 6.29. The minimum atomic E-state index is -0.533. The largest absolute Gasteiger partial charge is 0.393 e. The van der Waals surface area contributed by atoms with Crippen LogP contribution in [0.3, 0.4) is 0 Å². The van der Waals surface area contributed by atoms with Crippen LogP contribution in [0, 0.1) is 10.1 Å². The molecule has 0 saturated carbocycles. The van der Waals surface area contributed by atoms with Gasteiger partial charge in [0.25, 0.3) is 0 Å². The number of nitrogen functional groups attached to an aromatic ring is 1. The number of fused-ring (bicyclic) bond motifs is 2. The first kappa shape index (κ1) is 12.1. The number of nitro groups is 1. The fourth-order valence-electron chi connectivity index (χ4n) is 3.24. The van der Waals surface area contributed by atoms with Crippen molar-refractivity contribution < 1.29 is 10.0 Å². The van der Waals surface area contributed by atoms with Crippen molar-refractivity contribution >= 4 is 17.3 Å². The number of aliphatic hydroxyl groups is 1. The molecular formula is C11H15N5O3. The maximum Gasteiger partial charge on any atom is 0.353 e. The fraction of sp³-hybridized carbons (Fsp3) is 0.636. The van der Waals surface area contributed by atoms with E-state index in [0.29, 0.717) is 12.8 Å². The molecule has 2 aliphatic heterocycles. The smallest absolute Gasteiger partial charge is 0.353 e. The summed E-state index contributed by atoms with van der Waals surface area (Å²) in [6.07, 6.45) is 4.01. The first-order chi connectivity index (χ1) is 9.08. The Morgan fingerprint density at radius 2 is 2.00 bits per heavy atom. The molecule has 0 aromatic carbocycles. The van der Waals surface area contributed by atoms with Crippen molar-refractivity contribution in [3.8, 4) is 0 Å². The average Bonchev–Trinajstić information content (AvgIpc) is 2.60. The van der Waals surface area contributed by atoms with Gasteiger partial charge in [-0.05, 0) is 25.7 Å². The number of aromatic nitrogens is 2. The maximum absolute atomic E-state index is 11.2. The third-order valence-corrected chi connectivity index (χ3v) is 3.97.